The van der Waals surface area contributed by atoms with Crippen LogP contribution in [0.25, 0.3) is 0 Å². The van der Waals surface area contributed by atoms with Crippen molar-refractivity contribution in [2.75, 3.05) is 0 Å². The number of hydrogen-bond donors (Lipinski definition) is 1. The summed E-state index contributed by atoms with van der Waals surface area (Å²) in [4.78, 5) is 10.9. The van der Waals surface area contributed by atoms with Gasteiger partial charge in [-0.25, -0.2) is 9.18 Å². The van der Waals surface area contributed by atoms with E-state index in [1.54, 1.807) is 6.07 Å². The number of rotatable bonds is 4. The van der Waals surface area contributed by atoms with Crippen molar-refractivity contribution in [3.05, 3.63) is 61.8 Å². The smallest absolute Gasteiger partial charge is 0.338 e. The van der Waals surface area contributed by atoms with Crippen molar-refractivity contribution in [2.45, 2.75) is 6.61 Å². The standard InChI is InChI=1S/C14H8BrCl2FO3/c15-9-4-11(17)12(5-10(9)16)21-6-7-2-1-3-8(13(7)18)14(19)20/h1-5H,6H2,(H,19,20). The molecule has 0 amide bonds. The molecule has 0 unspecified atom stereocenters. The maximum absolute atomic E-state index is 13.9. The van der Waals surface area contributed by atoms with Gasteiger partial charge in [0, 0.05) is 16.1 Å². The lowest BCUT2D eigenvalue weighted by molar-refractivity contribution is 0.0691. The van der Waals surface area contributed by atoms with E-state index in [2.05, 4.69) is 15.9 Å². The fraction of sp³-hybridized carbons (Fsp3) is 0.0714. The van der Waals surface area contributed by atoms with Crippen LogP contribution in [0.1, 0.15) is 15.9 Å². The Balaban J connectivity index is 2.23. The summed E-state index contributed by atoms with van der Waals surface area (Å²) in [6.07, 6.45) is 0. The zero-order valence-corrected chi connectivity index (χ0v) is 13.5. The van der Waals surface area contributed by atoms with E-state index in [9.17, 15) is 9.18 Å². The molecule has 0 aliphatic carbocycles. The number of benzene rings is 2. The highest BCUT2D eigenvalue weighted by molar-refractivity contribution is 9.10. The topological polar surface area (TPSA) is 46.5 Å². The summed E-state index contributed by atoms with van der Waals surface area (Å²) in [6, 6.07) is 7.12. The first-order valence-electron chi connectivity index (χ1n) is 5.68. The number of halogens is 4. The van der Waals surface area contributed by atoms with Gasteiger partial charge in [-0.3, -0.25) is 0 Å². The number of ether oxygens (including phenoxy) is 1. The van der Waals surface area contributed by atoms with Gasteiger partial charge >= 0.3 is 5.97 Å². The monoisotopic (exact) mass is 392 g/mol. The number of carboxylic acids is 1. The van der Waals surface area contributed by atoms with Crippen LogP contribution < -0.4 is 4.74 Å². The largest absolute Gasteiger partial charge is 0.487 e. The van der Waals surface area contributed by atoms with E-state index < -0.39 is 17.3 Å². The Hall–Kier alpha value is -1.30. The molecule has 0 atom stereocenters. The first kappa shape index (κ1) is 16.1. The summed E-state index contributed by atoms with van der Waals surface area (Å²) in [7, 11) is 0. The van der Waals surface area contributed by atoms with Crippen LogP contribution in [0.2, 0.25) is 10.0 Å². The second kappa shape index (κ2) is 6.64. The highest BCUT2D eigenvalue weighted by atomic mass is 79.9. The Morgan fingerprint density at radius 1 is 1.29 bits per heavy atom. The Morgan fingerprint density at radius 2 is 2.00 bits per heavy atom. The minimum absolute atomic E-state index is 0.116. The SMILES string of the molecule is O=C(O)c1cccc(COc2cc(Cl)c(Br)cc2Cl)c1F. The number of carbonyl (C=O) groups is 1. The maximum Gasteiger partial charge on any atom is 0.338 e. The Morgan fingerprint density at radius 3 is 2.67 bits per heavy atom. The Labute approximate surface area is 138 Å². The zero-order chi connectivity index (χ0) is 15.6. The molecule has 0 fully saturated rings. The van der Waals surface area contributed by atoms with Crippen molar-refractivity contribution < 1.29 is 19.0 Å². The lowest BCUT2D eigenvalue weighted by atomic mass is 10.1. The van der Waals surface area contributed by atoms with E-state index in [1.165, 1.54) is 24.3 Å². The fourth-order valence-electron chi connectivity index (χ4n) is 1.63. The first-order valence-corrected chi connectivity index (χ1v) is 7.23. The predicted molar refractivity (Wildman–Crippen MR) is 81.9 cm³/mol. The molecule has 2 aromatic rings. The van der Waals surface area contributed by atoms with Crippen molar-refractivity contribution in [2.24, 2.45) is 0 Å². The van der Waals surface area contributed by atoms with Gasteiger partial charge in [-0.05, 0) is 28.1 Å². The normalized spacial score (nSPS) is 10.5. The molecule has 0 saturated heterocycles. The van der Waals surface area contributed by atoms with Crippen LogP contribution in [0.15, 0.2) is 34.8 Å². The van der Waals surface area contributed by atoms with Crippen LogP contribution in [0, 0.1) is 5.82 Å². The van der Waals surface area contributed by atoms with Crippen LogP contribution in [-0.2, 0) is 6.61 Å². The van der Waals surface area contributed by atoms with E-state index in [4.69, 9.17) is 33.0 Å². The first-order chi connectivity index (χ1) is 9.90. The van der Waals surface area contributed by atoms with E-state index in [0.717, 1.165) is 0 Å². The van der Waals surface area contributed by atoms with Gasteiger partial charge < -0.3 is 9.84 Å². The minimum atomic E-state index is -1.33. The molecule has 2 rings (SSSR count). The van der Waals surface area contributed by atoms with E-state index >= 15 is 0 Å². The average molecular weight is 394 g/mol. The van der Waals surface area contributed by atoms with Crippen LogP contribution >= 0.6 is 39.1 Å². The quantitative estimate of drug-likeness (QED) is 0.728. The van der Waals surface area contributed by atoms with Crippen molar-refractivity contribution in [1.82, 2.24) is 0 Å². The molecule has 110 valence electrons. The van der Waals surface area contributed by atoms with Gasteiger partial charge in [0.25, 0.3) is 0 Å². The molecule has 0 bridgehead atoms. The summed E-state index contributed by atoms with van der Waals surface area (Å²) in [6.45, 7) is -0.162. The molecule has 0 saturated carbocycles. The number of hydrogen-bond acceptors (Lipinski definition) is 2. The summed E-state index contributed by atoms with van der Waals surface area (Å²) >= 11 is 15.1. The van der Waals surface area contributed by atoms with Gasteiger partial charge in [-0.15, -0.1) is 0 Å². The minimum Gasteiger partial charge on any atom is -0.487 e. The molecule has 0 aliphatic rings. The number of carboxylic acid groups (broad SMARTS) is 1. The van der Waals surface area contributed by atoms with Crippen LogP contribution in [0.4, 0.5) is 4.39 Å². The van der Waals surface area contributed by atoms with Crippen molar-refractivity contribution in [1.29, 1.82) is 0 Å². The lowest BCUT2D eigenvalue weighted by Gasteiger charge is -2.11. The molecule has 0 aliphatic heterocycles. The lowest BCUT2D eigenvalue weighted by Crippen LogP contribution is -2.06. The van der Waals surface area contributed by atoms with Crippen molar-refractivity contribution in [3.8, 4) is 5.75 Å². The summed E-state index contributed by atoms with van der Waals surface area (Å²) in [5.41, 5.74) is -0.291. The highest BCUT2D eigenvalue weighted by Crippen LogP contribution is 2.34. The van der Waals surface area contributed by atoms with E-state index in [-0.39, 0.29) is 17.9 Å². The van der Waals surface area contributed by atoms with E-state index in [0.29, 0.717) is 14.5 Å². The maximum atomic E-state index is 13.9. The molecule has 0 heterocycles. The third-order valence-electron chi connectivity index (χ3n) is 2.67. The van der Waals surface area contributed by atoms with Crippen molar-refractivity contribution in [3.63, 3.8) is 0 Å². The fourth-order valence-corrected chi connectivity index (χ4v) is 2.47. The van der Waals surface area contributed by atoms with Gasteiger partial charge in [0.2, 0.25) is 0 Å². The molecule has 2 aromatic carbocycles. The van der Waals surface area contributed by atoms with Gasteiger partial charge in [-0.2, -0.15) is 0 Å². The second-order valence-corrected chi connectivity index (χ2v) is 5.74. The summed E-state index contributed by atoms with van der Waals surface area (Å²) in [5.74, 6) is -1.88. The Kier molecular flexibility index (Phi) is 5.08. The second-order valence-electron chi connectivity index (χ2n) is 4.07. The molecule has 0 spiro atoms. The molecule has 0 aromatic heterocycles. The molecule has 7 heteroatoms. The third-order valence-corrected chi connectivity index (χ3v) is 4.16. The molecule has 1 N–H and O–H groups in total. The molecule has 0 radical (unpaired) electrons. The van der Waals surface area contributed by atoms with Crippen LogP contribution in [0.3, 0.4) is 0 Å². The van der Waals surface area contributed by atoms with Gasteiger partial charge in [0.15, 0.2) is 0 Å². The van der Waals surface area contributed by atoms with Crippen LogP contribution in [0.5, 0.6) is 5.75 Å². The highest BCUT2D eigenvalue weighted by Gasteiger charge is 2.15. The van der Waals surface area contributed by atoms with Gasteiger partial charge in [0.05, 0.1) is 15.6 Å². The molecular weight excluding hydrogens is 386 g/mol. The third kappa shape index (κ3) is 3.67. The predicted octanol–water partition coefficient (Wildman–Crippen LogP) is 5.17. The Bertz CT molecular complexity index is 707. The molecule has 21 heavy (non-hydrogen) atoms. The number of aromatic carboxylic acids is 1. The molecular formula is C14H8BrCl2FO3. The van der Waals surface area contributed by atoms with Gasteiger partial charge in [0.1, 0.15) is 18.2 Å². The van der Waals surface area contributed by atoms with Gasteiger partial charge in [-0.1, -0.05) is 35.3 Å². The summed E-state index contributed by atoms with van der Waals surface area (Å²) < 4.78 is 20.0. The van der Waals surface area contributed by atoms with Crippen molar-refractivity contribution >= 4 is 45.1 Å². The zero-order valence-electron chi connectivity index (χ0n) is 10.4. The summed E-state index contributed by atoms with van der Waals surface area (Å²) in [5, 5.41) is 9.57. The van der Waals surface area contributed by atoms with Crippen LogP contribution in [-0.4, -0.2) is 11.1 Å². The average Bonchev–Trinajstić information content (AvgIpc) is 2.42. The van der Waals surface area contributed by atoms with E-state index in [1.807, 2.05) is 0 Å². The molecule has 3 nitrogen and oxygen atoms in total.